The molecule has 166 valence electrons. The number of aryl methyl sites for hydroxylation is 2. The number of hydrogen-bond donors (Lipinski definition) is 1. The van der Waals surface area contributed by atoms with Crippen molar-refractivity contribution < 1.29 is 0 Å². The van der Waals surface area contributed by atoms with Crippen LogP contribution in [0.15, 0.2) is 41.5 Å². The average Bonchev–Trinajstić information content (AvgIpc) is 3.19. The summed E-state index contributed by atoms with van der Waals surface area (Å²) in [6.07, 6.45) is 5.94. The quantitative estimate of drug-likeness (QED) is 0.535. The van der Waals surface area contributed by atoms with Gasteiger partial charge in [0, 0.05) is 30.9 Å². The first-order valence-electron chi connectivity index (χ1n) is 11.2. The number of anilines is 1. The SMILES string of the molecule is CCNC1(C)CCN(c2ccc3nc(-c4cc5c(C)nc(C)cn5n4)cc(=O)n3c2)CC1. The zero-order chi connectivity index (χ0) is 22.5. The fraction of sp³-hybridized carbons (Fsp3) is 0.417. The first-order chi connectivity index (χ1) is 15.3. The second-order valence-corrected chi connectivity index (χ2v) is 9.00. The summed E-state index contributed by atoms with van der Waals surface area (Å²) in [7, 11) is 0. The van der Waals surface area contributed by atoms with E-state index in [-0.39, 0.29) is 11.1 Å². The molecule has 1 saturated heterocycles. The summed E-state index contributed by atoms with van der Waals surface area (Å²) in [5.74, 6) is 0. The Morgan fingerprint density at radius 1 is 1.06 bits per heavy atom. The van der Waals surface area contributed by atoms with Crippen LogP contribution < -0.4 is 15.8 Å². The van der Waals surface area contributed by atoms with Gasteiger partial charge < -0.3 is 10.2 Å². The normalized spacial score (nSPS) is 16.2. The summed E-state index contributed by atoms with van der Waals surface area (Å²) in [5.41, 5.74) is 5.71. The Labute approximate surface area is 186 Å². The van der Waals surface area contributed by atoms with E-state index in [0.29, 0.717) is 17.0 Å². The third kappa shape index (κ3) is 3.64. The van der Waals surface area contributed by atoms with Gasteiger partial charge in [-0.15, -0.1) is 0 Å². The molecule has 4 aromatic heterocycles. The largest absolute Gasteiger partial charge is 0.370 e. The minimum atomic E-state index is -0.107. The van der Waals surface area contributed by atoms with Gasteiger partial charge in [0.2, 0.25) is 0 Å². The van der Waals surface area contributed by atoms with E-state index < -0.39 is 0 Å². The standard InChI is InChI=1S/C24H29N7O/c1-5-25-24(4)8-10-29(11-9-24)18-6-7-22-27-19(13-23(32)30(22)15-18)20-12-21-17(3)26-16(2)14-31(21)28-20/h6-7,12-15,25H,5,8-11H2,1-4H3. The highest BCUT2D eigenvalue weighted by molar-refractivity contribution is 5.66. The van der Waals surface area contributed by atoms with Crippen molar-refractivity contribution in [3.05, 3.63) is 58.4 Å². The average molecular weight is 432 g/mol. The second-order valence-electron chi connectivity index (χ2n) is 9.00. The lowest BCUT2D eigenvalue weighted by atomic mass is 9.89. The number of fused-ring (bicyclic) bond motifs is 2. The van der Waals surface area contributed by atoms with Crippen molar-refractivity contribution in [2.24, 2.45) is 0 Å². The molecule has 0 aromatic carbocycles. The maximum atomic E-state index is 13.0. The Morgan fingerprint density at radius 2 is 1.84 bits per heavy atom. The van der Waals surface area contributed by atoms with Crippen LogP contribution >= 0.6 is 0 Å². The van der Waals surface area contributed by atoms with Crippen molar-refractivity contribution in [3.63, 3.8) is 0 Å². The summed E-state index contributed by atoms with van der Waals surface area (Å²) in [4.78, 5) is 24.5. The van der Waals surface area contributed by atoms with Crippen LogP contribution in [0.3, 0.4) is 0 Å². The topological polar surface area (TPSA) is 79.8 Å². The van der Waals surface area contributed by atoms with E-state index in [9.17, 15) is 4.79 Å². The van der Waals surface area contributed by atoms with E-state index in [1.807, 2.05) is 38.4 Å². The van der Waals surface area contributed by atoms with Gasteiger partial charge in [-0.1, -0.05) is 6.92 Å². The number of aromatic nitrogens is 5. The molecule has 8 nitrogen and oxygen atoms in total. The Kier molecular flexibility index (Phi) is 4.97. The Morgan fingerprint density at radius 3 is 2.59 bits per heavy atom. The molecular formula is C24H29N7O. The number of hydrogen-bond acceptors (Lipinski definition) is 6. The highest BCUT2D eigenvalue weighted by Crippen LogP contribution is 2.26. The van der Waals surface area contributed by atoms with Crippen molar-refractivity contribution in [1.29, 1.82) is 0 Å². The lowest BCUT2D eigenvalue weighted by molar-refractivity contribution is 0.290. The molecule has 0 radical (unpaired) electrons. The predicted molar refractivity (Wildman–Crippen MR) is 126 cm³/mol. The molecule has 1 aliphatic rings. The maximum Gasteiger partial charge on any atom is 0.258 e. The van der Waals surface area contributed by atoms with Crippen molar-refractivity contribution in [2.45, 2.75) is 46.1 Å². The van der Waals surface area contributed by atoms with Gasteiger partial charge in [0.15, 0.2) is 0 Å². The monoisotopic (exact) mass is 431 g/mol. The van der Waals surface area contributed by atoms with E-state index >= 15 is 0 Å². The molecule has 0 spiro atoms. The highest BCUT2D eigenvalue weighted by Gasteiger charge is 2.29. The first kappa shape index (κ1) is 20.6. The lowest BCUT2D eigenvalue weighted by Gasteiger charge is -2.41. The second kappa shape index (κ2) is 7.70. The molecule has 5 heterocycles. The van der Waals surface area contributed by atoms with Gasteiger partial charge in [-0.2, -0.15) is 5.10 Å². The molecule has 0 unspecified atom stereocenters. The van der Waals surface area contributed by atoms with Crippen LogP contribution in [0.2, 0.25) is 0 Å². The fourth-order valence-corrected chi connectivity index (χ4v) is 4.69. The van der Waals surface area contributed by atoms with Crippen molar-refractivity contribution in [2.75, 3.05) is 24.5 Å². The van der Waals surface area contributed by atoms with E-state index in [4.69, 9.17) is 4.98 Å². The van der Waals surface area contributed by atoms with Gasteiger partial charge in [-0.05, 0) is 58.4 Å². The predicted octanol–water partition coefficient (Wildman–Crippen LogP) is 2.99. The number of piperidine rings is 1. The van der Waals surface area contributed by atoms with Gasteiger partial charge in [0.05, 0.1) is 34.5 Å². The van der Waals surface area contributed by atoms with Gasteiger partial charge >= 0.3 is 0 Å². The number of pyridine rings is 1. The fourth-order valence-electron chi connectivity index (χ4n) is 4.69. The molecule has 1 fully saturated rings. The Balaban J connectivity index is 1.47. The molecule has 8 heteroatoms. The van der Waals surface area contributed by atoms with Gasteiger partial charge in [-0.25, -0.2) is 9.50 Å². The molecule has 1 N–H and O–H groups in total. The zero-order valence-corrected chi connectivity index (χ0v) is 19.1. The summed E-state index contributed by atoms with van der Waals surface area (Å²) >= 11 is 0. The van der Waals surface area contributed by atoms with Crippen LogP contribution in [0.1, 0.15) is 38.1 Å². The molecule has 1 aliphatic heterocycles. The van der Waals surface area contributed by atoms with Crippen molar-refractivity contribution in [1.82, 2.24) is 29.3 Å². The van der Waals surface area contributed by atoms with Gasteiger partial charge in [-0.3, -0.25) is 14.2 Å². The molecule has 32 heavy (non-hydrogen) atoms. The third-order valence-corrected chi connectivity index (χ3v) is 6.50. The molecule has 4 aromatic rings. The summed E-state index contributed by atoms with van der Waals surface area (Å²) < 4.78 is 3.43. The van der Waals surface area contributed by atoms with Crippen LogP contribution in [-0.2, 0) is 0 Å². The summed E-state index contributed by atoms with van der Waals surface area (Å²) in [5, 5.41) is 8.23. The summed E-state index contributed by atoms with van der Waals surface area (Å²) in [6.45, 7) is 11.3. The van der Waals surface area contributed by atoms with Gasteiger partial charge in [0.1, 0.15) is 11.3 Å². The number of nitrogens with zero attached hydrogens (tertiary/aromatic N) is 6. The van der Waals surface area contributed by atoms with Gasteiger partial charge in [0.25, 0.3) is 5.56 Å². The van der Waals surface area contributed by atoms with Crippen molar-refractivity contribution in [3.8, 4) is 11.4 Å². The molecule has 5 rings (SSSR count). The maximum absolute atomic E-state index is 13.0. The van der Waals surface area contributed by atoms with E-state index in [0.717, 1.165) is 55.1 Å². The summed E-state index contributed by atoms with van der Waals surface area (Å²) in [6, 6.07) is 7.48. The lowest BCUT2D eigenvalue weighted by Crippen LogP contribution is -2.51. The molecule has 0 atom stereocenters. The van der Waals surface area contributed by atoms with Crippen LogP contribution in [0.25, 0.3) is 22.6 Å². The van der Waals surface area contributed by atoms with E-state index in [2.05, 4.69) is 40.2 Å². The van der Waals surface area contributed by atoms with Crippen LogP contribution in [0.4, 0.5) is 5.69 Å². The number of rotatable bonds is 4. The molecular weight excluding hydrogens is 402 g/mol. The van der Waals surface area contributed by atoms with E-state index in [1.54, 1.807) is 15.0 Å². The van der Waals surface area contributed by atoms with Crippen LogP contribution in [-0.4, -0.2) is 49.2 Å². The first-order valence-corrected chi connectivity index (χ1v) is 11.2. The van der Waals surface area contributed by atoms with Crippen LogP contribution in [0, 0.1) is 13.8 Å². The molecule has 0 aliphatic carbocycles. The minimum absolute atomic E-state index is 0.107. The molecule has 0 amide bonds. The molecule has 0 bridgehead atoms. The smallest absolute Gasteiger partial charge is 0.258 e. The minimum Gasteiger partial charge on any atom is -0.370 e. The van der Waals surface area contributed by atoms with Crippen molar-refractivity contribution >= 4 is 16.9 Å². The van der Waals surface area contributed by atoms with E-state index in [1.165, 1.54) is 0 Å². The number of nitrogens with one attached hydrogen (secondary N) is 1. The Bertz CT molecular complexity index is 1360. The third-order valence-electron chi connectivity index (χ3n) is 6.50. The zero-order valence-electron chi connectivity index (χ0n) is 19.1. The Hall–Kier alpha value is -3.26. The highest BCUT2D eigenvalue weighted by atomic mass is 16.1. The molecule has 0 saturated carbocycles. The van der Waals surface area contributed by atoms with Crippen LogP contribution in [0.5, 0.6) is 0 Å².